The quantitative estimate of drug-likeness (QED) is 0.607. The number of benzene rings is 1. The van der Waals surface area contributed by atoms with E-state index in [1.807, 2.05) is 18.9 Å². The van der Waals surface area contributed by atoms with E-state index in [0.29, 0.717) is 18.0 Å². The molecule has 6 heteroatoms. The van der Waals surface area contributed by atoms with Gasteiger partial charge >= 0.3 is 0 Å². The van der Waals surface area contributed by atoms with Crippen molar-refractivity contribution >= 4 is 17.3 Å². The summed E-state index contributed by atoms with van der Waals surface area (Å²) in [5.41, 5.74) is 0.797. The summed E-state index contributed by atoms with van der Waals surface area (Å²) in [5.74, 6) is 0. The van der Waals surface area contributed by atoms with Crippen LogP contribution in [0.4, 0.5) is 5.69 Å². The molecule has 0 saturated heterocycles. The minimum absolute atomic E-state index is 0.0172. The number of hydrogen-bond donors (Lipinski definition) is 0. The number of nitriles is 1. The highest BCUT2D eigenvalue weighted by molar-refractivity contribution is 6.31. The normalized spacial score (nSPS) is 12.2. The summed E-state index contributed by atoms with van der Waals surface area (Å²) in [4.78, 5) is 12.1. The van der Waals surface area contributed by atoms with Gasteiger partial charge in [0, 0.05) is 24.7 Å². The van der Waals surface area contributed by atoms with Gasteiger partial charge in [0.25, 0.3) is 5.69 Å². The minimum atomic E-state index is -0.475. The van der Waals surface area contributed by atoms with Crippen LogP contribution in [-0.4, -0.2) is 22.9 Å². The van der Waals surface area contributed by atoms with E-state index in [0.717, 1.165) is 5.56 Å². The van der Waals surface area contributed by atoms with Gasteiger partial charge in [-0.05, 0) is 25.6 Å². The molecule has 0 aliphatic heterocycles. The van der Waals surface area contributed by atoms with Gasteiger partial charge in [-0.1, -0.05) is 11.6 Å². The molecule has 0 N–H and O–H groups in total. The molecule has 0 saturated carbocycles. The summed E-state index contributed by atoms with van der Waals surface area (Å²) in [6, 6.07) is 6.65. The SMILES string of the molecule is CC(CC#N)N(C)Cc1ccc([N+](=O)[O-])cc1Cl. The number of hydrogen-bond acceptors (Lipinski definition) is 4. The van der Waals surface area contributed by atoms with Crippen LogP contribution in [0.2, 0.25) is 5.02 Å². The Morgan fingerprint density at radius 2 is 2.28 bits per heavy atom. The lowest BCUT2D eigenvalue weighted by Crippen LogP contribution is -2.28. The van der Waals surface area contributed by atoms with Crippen LogP contribution in [0.25, 0.3) is 0 Å². The molecule has 0 radical (unpaired) electrons. The Hall–Kier alpha value is -1.64. The molecular weight excluding hydrogens is 254 g/mol. The molecule has 0 aliphatic rings. The molecule has 1 unspecified atom stereocenters. The molecule has 0 spiro atoms. The largest absolute Gasteiger partial charge is 0.298 e. The van der Waals surface area contributed by atoms with E-state index in [1.54, 1.807) is 6.07 Å². The molecule has 0 heterocycles. The number of nitro benzene ring substituents is 1. The first-order valence-electron chi connectivity index (χ1n) is 5.45. The van der Waals surface area contributed by atoms with Crippen LogP contribution in [0.15, 0.2) is 18.2 Å². The molecule has 18 heavy (non-hydrogen) atoms. The zero-order chi connectivity index (χ0) is 13.7. The highest BCUT2D eigenvalue weighted by Crippen LogP contribution is 2.23. The van der Waals surface area contributed by atoms with Crippen molar-refractivity contribution in [1.82, 2.24) is 4.90 Å². The van der Waals surface area contributed by atoms with Gasteiger partial charge < -0.3 is 0 Å². The van der Waals surface area contributed by atoms with Crippen LogP contribution in [0.1, 0.15) is 18.9 Å². The molecule has 1 rings (SSSR count). The van der Waals surface area contributed by atoms with Crippen molar-refractivity contribution in [3.05, 3.63) is 38.9 Å². The van der Waals surface area contributed by atoms with Gasteiger partial charge in [0.15, 0.2) is 0 Å². The van der Waals surface area contributed by atoms with Crippen LogP contribution in [0.3, 0.4) is 0 Å². The summed E-state index contributed by atoms with van der Waals surface area (Å²) in [6.45, 7) is 2.50. The lowest BCUT2D eigenvalue weighted by atomic mass is 10.1. The molecule has 0 fully saturated rings. The number of rotatable bonds is 5. The van der Waals surface area contributed by atoms with Gasteiger partial charge in [0.2, 0.25) is 0 Å². The average molecular weight is 268 g/mol. The van der Waals surface area contributed by atoms with E-state index in [1.165, 1.54) is 12.1 Å². The molecule has 1 aromatic rings. The molecule has 1 atom stereocenters. The van der Waals surface area contributed by atoms with Crippen molar-refractivity contribution in [2.75, 3.05) is 7.05 Å². The second-order valence-corrected chi connectivity index (χ2v) is 4.57. The monoisotopic (exact) mass is 267 g/mol. The Labute approximate surface area is 111 Å². The summed E-state index contributed by atoms with van der Waals surface area (Å²) < 4.78 is 0. The van der Waals surface area contributed by atoms with Crippen molar-refractivity contribution in [1.29, 1.82) is 5.26 Å². The highest BCUT2D eigenvalue weighted by Gasteiger charge is 2.13. The minimum Gasteiger partial charge on any atom is -0.298 e. The first-order valence-corrected chi connectivity index (χ1v) is 5.83. The topological polar surface area (TPSA) is 70.2 Å². The fraction of sp³-hybridized carbons (Fsp3) is 0.417. The Morgan fingerprint density at radius 3 is 2.78 bits per heavy atom. The van der Waals surface area contributed by atoms with Crippen molar-refractivity contribution in [2.45, 2.75) is 25.9 Å². The number of non-ortho nitro benzene ring substituents is 1. The van der Waals surface area contributed by atoms with Crippen LogP contribution in [-0.2, 0) is 6.54 Å². The molecule has 0 amide bonds. The van der Waals surface area contributed by atoms with Crippen molar-refractivity contribution in [3.63, 3.8) is 0 Å². The average Bonchev–Trinajstić information content (AvgIpc) is 2.31. The third-order valence-electron chi connectivity index (χ3n) is 2.81. The number of halogens is 1. The van der Waals surface area contributed by atoms with Gasteiger partial charge in [0.1, 0.15) is 0 Å². The Kier molecular flexibility index (Phi) is 5.08. The van der Waals surface area contributed by atoms with E-state index < -0.39 is 4.92 Å². The van der Waals surface area contributed by atoms with Crippen molar-refractivity contribution < 1.29 is 4.92 Å². The Bertz CT molecular complexity index is 485. The zero-order valence-corrected chi connectivity index (χ0v) is 11.0. The van der Waals surface area contributed by atoms with E-state index in [2.05, 4.69) is 6.07 Å². The van der Waals surface area contributed by atoms with Crippen LogP contribution >= 0.6 is 11.6 Å². The zero-order valence-electron chi connectivity index (χ0n) is 10.3. The van der Waals surface area contributed by atoms with E-state index in [9.17, 15) is 10.1 Å². The summed E-state index contributed by atoms with van der Waals surface area (Å²) in [6.07, 6.45) is 0.432. The second-order valence-electron chi connectivity index (χ2n) is 4.16. The number of nitro groups is 1. The predicted molar refractivity (Wildman–Crippen MR) is 69.3 cm³/mol. The lowest BCUT2D eigenvalue weighted by molar-refractivity contribution is -0.384. The maximum atomic E-state index is 10.6. The first-order chi connectivity index (χ1) is 8.45. The van der Waals surface area contributed by atoms with Crippen LogP contribution < -0.4 is 0 Å². The molecule has 0 aliphatic carbocycles. The van der Waals surface area contributed by atoms with Gasteiger partial charge in [0.05, 0.1) is 22.4 Å². The Morgan fingerprint density at radius 1 is 1.61 bits per heavy atom. The third kappa shape index (κ3) is 3.69. The predicted octanol–water partition coefficient (Wildman–Crippen LogP) is 2.98. The molecule has 0 aromatic heterocycles. The van der Waals surface area contributed by atoms with Gasteiger partial charge in [-0.2, -0.15) is 5.26 Å². The van der Waals surface area contributed by atoms with E-state index >= 15 is 0 Å². The standard InChI is InChI=1S/C12H14ClN3O2/c1-9(5-6-14)15(2)8-10-3-4-11(16(17)18)7-12(10)13/h3-4,7,9H,5,8H2,1-2H3. The molecule has 96 valence electrons. The van der Waals surface area contributed by atoms with E-state index in [-0.39, 0.29) is 11.7 Å². The maximum absolute atomic E-state index is 10.6. The van der Waals surface area contributed by atoms with Gasteiger partial charge in [-0.25, -0.2) is 0 Å². The summed E-state index contributed by atoms with van der Waals surface area (Å²) in [7, 11) is 1.89. The summed E-state index contributed by atoms with van der Waals surface area (Å²) >= 11 is 6.00. The maximum Gasteiger partial charge on any atom is 0.270 e. The van der Waals surface area contributed by atoms with Gasteiger partial charge in [-0.3, -0.25) is 15.0 Å². The van der Waals surface area contributed by atoms with Crippen LogP contribution in [0.5, 0.6) is 0 Å². The molecule has 0 bridgehead atoms. The molecule has 1 aromatic carbocycles. The fourth-order valence-corrected chi connectivity index (χ4v) is 1.73. The molecule has 5 nitrogen and oxygen atoms in total. The smallest absolute Gasteiger partial charge is 0.270 e. The lowest BCUT2D eigenvalue weighted by Gasteiger charge is -2.22. The van der Waals surface area contributed by atoms with Crippen LogP contribution in [0, 0.1) is 21.4 Å². The first kappa shape index (κ1) is 14.4. The van der Waals surface area contributed by atoms with E-state index in [4.69, 9.17) is 16.9 Å². The van der Waals surface area contributed by atoms with Crippen molar-refractivity contribution in [3.8, 4) is 6.07 Å². The van der Waals surface area contributed by atoms with Gasteiger partial charge in [-0.15, -0.1) is 0 Å². The third-order valence-corrected chi connectivity index (χ3v) is 3.16. The fourth-order valence-electron chi connectivity index (χ4n) is 1.49. The summed E-state index contributed by atoms with van der Waals surface area (Å²) in [5, 5.41) is 19.6. The van der Waals surface area contributed by atoms with Crippen molar-refractivity contribution in [2.24, 2.45) is 0 Å². The second kappa shape index (κ2) is 6.34. The molecular formula is C12H14ClN3O2. The Balaban J connectivity index is 2.80. The highest BCUT2D eigenvalue weighted by atomic mass is 35.5. The number of nitrogens with zero attached hydrogens (tertiary/aromatic N) is 3.